The lowest BCUT2D eigenvalue weighted by Crippen LogP contribution is -2.19. The van der Waals surface area contributed by atoms with Crippen LogP contribution in [-0.4, -0.2) is 22.9 Å². The summed E-state index contributed by atoms with van der Waals surface area (Å²) in [6.45, 7) is 0. The molecule has 0 atom stereocenters. The molecular formula is C13H14N4O5S2. The van der Waals surface area contributed by atoms with Crippen LogP contribution in [-0.2, 0) is 20.0 Å². The Kier molecular flexibility index (Phi) is 4.78. The van der Waals surface area contributed by atoms with E-state index in [4.69, 9.17) is 10.9 Å². The van der Waals surface area contributed by atoms with Crippen LogP contribution in [0.4, 0.5) is 16.2 Å². The number of carbonyl (C=O) groups excluding carboxylic acids is 1. The van der Waals surface area contributed by atoms with Crippen LogP contribution >= 0.6 is 0 Å². The van der Waals surface area contributed by atoms with Crippen molar-refractivity contribution >= 4 is 37.5 Å². The first-order chi connectivity index (χ1) is 11.1. The van der Waals surface area contributed by atoms with Gasteiger partial charge in [-0.1, -0.05) is 6.07 Å². The molecule has 128 valence electrons. The minimum absolute atomic E-state index is 0.0425. The lowest BCUT2D eigenvalue weighted by molar-refractivity contribution is 0.259. The van der Waals surface area contributed by atoms with Crippen molar-refractivity contribution in [2.75, 3.05) is 10.0 Å². The van der Waals surface area contributed by atoms with E-state index in [9.17, 15) is 21.6 Å². The molecule has 0 aromatic heterocycles. The zero-order chi connectivity index (χ0) is 18.0. The highest BCUT2D eigenvalue weighted by atomic mass is 32.2. The van der Waals surface area contributed by atoms with Crippen LogP contribution in [0.2, 0.25) is 0 Å². The molecule has 0 spiro atoms. The van der Waals surface area contributed by atoms with E-state index in [2.05, 4.69) is 10.0 Å². The third-order valence-corrected chi connectivity index (χ3v) is 5.16. The fraction of sp³-hybridized carbons (Fsp3) is 0. The van der Waals surface area contributed by atoms with Crippen LogP contribution in [0, 0.1) is 0 Å². The average Bonchev–Trinajstić information content (AvgIpc) is 2.46. The number of benzene rings is 2. The highest BCUT2D eigenvalue weighted by molar-refractivity contribution is 7.92. The third-order valence-electron chi connectivity index (χ3n) is 2.85. The highest BCUT2D eigenvalue weighted by Gasteiger charge is 2.16. The van der Waals surface area contributed by atoms with Gasteiger partial charge in [0.2, 0.25) is 10.0 Å². The lowest BCUT2D eigenvalue weighted by atomic mass is 10.3. The summed E-state index contributed by atoms with van der Waals surface area (Å²) in [5.41, 5.74) is 5.33. The normalized spacial score (nSPS) is 11.7. The number of hydrogen-bond donors (Lipinski definition) is 4. The van der Waals surface area contributed by atoms with Crippen molar-refractivity contribution < 1.29 is 21.6 Å². The largest absolute Gasteiger partial charge is 0.351 e. The van der Waals surface area contributed by atoms with Gasteiger partial charge in [-0.2, -0.15) is 0 Å². The molecule has 0 saturated heterocycles. The SMILES string of the molecule is NC(=O)Nc1ccc(S(=O)(=O)Nc2cccc(S(N)(=O)=O)c2)cc1. The number of urea groups is 1. The van der Waals surface area contributed by atoms with Crippen molar-refractivity contribution in [3.63, 3.8) is 0 Å². The summed E-state index contributed by atoms with van der Waals surface area (Å²) in [5, 5.41) is 7.31. The van der Waals surface area contributed by atoms with E-state index in [-0.39, 0.29) is 15.5 Å². The molecule has 9 nitrogen and oxygen atoms in total. The maximum Gasteiger partial charge on any atom is 0.316 e. The molecule has 0 radical (unpaired) electrons. The van der Waals surface area contributed by atoms with Crippen LogP contribution in [0.5, 0.6) is 0 Å². The maximum atomic E-state index is 12.3. The molecule has 2 aromatic carbocycles. The molecule has 6 N–H and O–H groups in total. The first-order valence-corrected chi connectivity index (χ1v) is 9.43. The molecular weight excluding hydrogens is 356 g/mol. The predicted molar refractivity (Wildman–Crippen MR) is 88.3 cm³/mol. The van der Waals surface area contributed by atoms with Crippen LogP contribution in [0.3, 0.4) is 0 Å². The number of carbonyl (C=O) groups is 1. The van der Waals surface area contributed by atoms with Crippen molar-refractivity contribution in [3.8, 4) is 0 Å². The highest BCUT2D eigenvalue weighted by Crippen LogP contribution is 2.20. The summed E-state index contributed by atoms with van der Waals surface area (Å²) < 4.78 is 49.4. The Bertz CT molecular complexity index is 970. The van der Waals surface area contributed by atoms with Gasteiger partial charge in [0.1, 0.15) is 0 Å². The van der Waals surface area contributed by atoms with E-state index in [1.165, 1.54) is 42.5 Å². The van der Waals surface area contributed by atoms with Gasteiger partial charge in [-0.05, 0) is 42.5 Å². The Labute approximate surface area is 138 Å². The van der Waals surface area contributed by atoms with Gasteiger partial charge in [0.15, 0.2) is 0 Å². The minimum Gasteiger partial charge on any atom is -0.351 e. The van der Waals surface area contributed by atoms with Crippen LogP contribution in [0.25, 0.3) is 0 Å². The molecule has 0 heterocycles. The van der Waals surface area contributed by atoms with E-state index in [1.54, 1.807) is 0 Å². The number of hydrogen-bond acceptors (Lipinski definition) is 5. The third kappa shape index (κ3) is 4.44. The Morgan fingerprint density at radius 2 is 1.50 bits per heavy atom. The lowest BCUT2D eigenvalue weighted by Gasteiger charge is -2.10. The summed E-state index contributed by atoms with van der Waals surface area (Å²) in [6.07, 6.45) is 0. The first-order valence-electron chi connectivity index (χ1n) is 6.40. The van der Waals surface area contributed by atoms with Gasteiger partial charge in [-0.15, -0.1) is 0 Å². The van der Waals surface area contributed by atoms with Crippen molar-refractivity contribution in [2.45, 2.75) is 9.79 Å². The smallest absolute Gasteiger partial charge is 0.316 e. The molecule has 0 aliphatic rings. The molecule has 0 bridgehead atoms. The van der Waals surface area contributed by atoms with E-state index in [1.807, 2.05) is 0 Å². The van der Waals surface area contributed by atoms with Crippen LogP contribution in [0.1, 0.15) is 0 Å². The second-order valence-electron chi connectivity index (χ2n) is 4.69. The Hall–Kier alpha value is -2.63. The molecule has 2 rings (SSSR count). The Balaban J connectivity index is 2.27. The number of nitrogens with two attached hydrogens (primary N) is 2. The second-order valence-corrected chi connectivity index (χ2v) is 7.94. The average molecular weight is 370 g/mol. The van der Waals surface area contributed by atoms with Crippen LogP contribution < -0.4 is 20.9 Å². The van der Waals surface area contributed by atoms with E-state index in [0.717, 1.165) is 6.07 Å². The zero-order valence-electron chi connectivity index (χ0n) is 12.1. The summed E-state index contributed by atoms with van der Waals surface area (Å²) >= 11 is 0. The number of rotatable bonds is 5. The number of sulfonamides is 2. The monoisotopic (exact) mass is 370 g/mol. The summed E-state index contributed by atoms with van der Waals surface area (Å²) in [4.78, 5) is 10.4. The van der Waals surface area contributed by atoms with Crippen molar-refractivity contribution in [1.29, 1.82) is 0 Å². The van der Waals surface area contributed by atoms with Gasteiger partial charge in [-0.3, -0.25) is 4.72 Å². The summed E-state index contributed by atoms with van der Waals surface area (Å²) in [7, 11) is -7.90. The fourth-order valence-corrected chi connectivity index (χ4v) is 3.42. The fourth-order valence-electron chi connectivity index (χ4n) is 1.81. The topological polar surface area (TPSA) is 161 Å². The maximum absolute atomic E-state index is 12.3. The van der Waals surface area contributed by atoms with Gasteiger partial charge in [0.05, 0.1) is 15.5 Å². The number of amides is 2. The quantitative estimate of drug-likeness (QED) is 0.606. The minimum atomic E-state index is -3.95. The Morgan fingerprint density at radius 3 is 2.04 bits per heavy atom. The van der Waals surface area contributed by atoms with Gasteiger partial charge in [0.25, 0.3) is 10.0 Å². The summed E-state index contributed by atoms with van der Waals surface area (Å²) in [5.74, 6) is 0. The van der Waals surface area contributed by atoms with Gasteiger partial charge < -0.3 is 11.1 Å². The molecule has 0 aliphatic heterocycles. The van der Waals surface area contributed by atoms with Crippen LogP contribution in [0.15, 0.2) is 58.3 Å². The number of nitrogens with one attached hydrogen (secondary N) is 2. The Morgan fingerprint density at radius 1 is 0.875 bits per heavy atom. The molecule has 0 aliphatic carbocycles. The van der Waals surface area contributed by atoms with E-state index >= 15 is 0 Å². The van der Waals surface area contributed by atoms with Gasteiger partial charge in [0, 0.05) is 5.69 Å². The van der Waals surface area contributed by atoms with E-state index < -0.39 is 26.1 Å². The molecule has 11 heteroatoms. The van der Waals surface area contributed by atoms with Crippen molar-refractivity contribution in [1.82, 2.24) is 0 Å². The molecule has 2 aromatic rings. The molecule has 0 fully saturated rings. The first kappa shape index (κ1) is 17.7. The zero-order valence-corrected chi connectivity index (χ0v) is 13.8. The standard InChI is InChI=1S/C13H14N4O5S2/c14-13(18)16-9-4-6-11(7-5-9)24(21,22)17-10-2-1-3-12(8-10)23(15,19)20/h1-8,17H,(H3,14,16,18)(H2,15,19,20). The van der Waals surface area contributed by atoms with Crippen molar-refractivity contribution in [3.05, 3.63) is 48.5 Å². The number of primary sulfonamides is 1. The number of anilines is 2. The van der Waals surface area contributed by atoms with Gasteiger partial charge >= 0.3 is 6.03 Å². The predicted octanol–water partition coefficient (Wildman–Crippen LogP) is 0.625. The van der Waals surface area contributed by atoms with E-state index in [0.29, 0.717) is 5.69 Å². The molecule has 0 saturated carbocycles. The van der Waals surface area contributed by atoms with Crippen molar-refractivity contribution in [2.24, 2.45) is 10.9 Å². The second kappa shape index (κ2) is 6.47. The molecule has 2 amide bonds. The number of primary amides is 1. The summed E-state index contributed by atoms with van der Waals surface area (Å²) in [6, 6.07) is 9.57. The molecule has 0 unspecified atom stereocenters. The molecule has 24 heavy (non-hydrogen) atoms. The van der Waals surface area contributed by atoms with Gasteiger partial charge in [-0.25, -0.2) is 26.8 Å².